The van der Waals surface area contributed by atoms with Crippen LogP contribution < -0.4 is 14.8 Å². The Hall–Kier alpha value is -2.50. The van der Waals surface area contributed by atoms with Gasteiger partial charge in [0.1, 0.15) is 0 Å². The van der Waals surface area contributed by atoms with Crippen LogP contribution in [0.15, 0.2) is 30.7 Å². The molecular weight excluding hydrogens is 258 g/mol. The highest BCUT2D eigenvalue weighted by molar-refractivity contribution is 6.04. The van der Waals surface area contributed by atoms with Crippen LogP contribution in [0.5, 0.6) is 11.5 Å². The number of carbonyl (C=O) groups is 1. The second-order valence-corrected chi connectivity index (χ2v) is 4.11. The molecule has 1 amide bonds. The van der Waals surface area contributed by atoms with Gasteiger partial charge >= 0.3 is 0 Å². The normalized spacial score (nSPS) is 10.2. The summed E-state index contributed by atoms with van der Waals surface area (Å²) in [5.74, 6) is 1.37. The molecular formula is C14H17N3O3. The Bertz CT molecular complexity index is 607. The van der Waals surface area contributed by atoms with Crippen molar-refractivity contribution in [3.05, 3.63) is 36.3 Å². The minimum atomic E-state index is -0.243. The summed E-state index contributed by atoms with van der Waals surface area (Å²) in [7, 11) is 3.08. The molecule has 106 valence electrons. The molecule has 0 aliphatic heterocycles. The molecule has 6 nitrogen and oxygen atoms in total. The maximum atomic E-state index is 12.1. The third kappa shape index (κ3) is 2.90. The van der Waals surface area contributed by atoms with Crippen LogP contribution in [0.1, 0.15) is 17.3 Å². The fourth-order valence-electron chi connectivity index (χ4n) is 1.76. The molecule has 1 heterocycles. The van der Waals surface area contributed by atoms with Crippen molar-refractivity contribution in [3.8, 4) is 11.5 Å². The van der Waals surface area contributed by atoms with Gasteiger partial charge in [-0.25, -0.2) is 4.98 Å². The molecule has 1 aromatic carbocycles. The molecule has 0 unspecified atom stereocenters. The molecule has 0 fully saturated rings. The smallest absolute Gasteiger partial charge is 0.256 e. The van der Waals surface area contributed by atoms with Gasteiger partial charge in [0.15, 0.2) is 17.3 Å². The number of ether oxygens (including phenoxy) is 2. The molecule has 0 atom stereocenters. The minimum absolute atomic E-state index is 0.243. The summed E-state index contributed by atoms with van der Waals surface area (Å²) in [5, 5.41) is 2.73. The fourth-order valence-corrected chi connectivity index (χ4v) is 1.76. The highest BCUT2D eigenvalue weighted by Crippen LogP contribution is 2.27. The molecule has 1 N–H and O–H groups in total. The first-order chi connectivity index (χ1) is 9.67. The van der Waals surface area contributed by atoms with Crippen molar-refractivity contribution in [2.24, 2.45) is 0 Å². The highest BCUT2D eigenvalue weighted by atomic mass is 16.5. The maximum Gasteiger partial charge on any atom is 0.256 e. The topological polar surface area (TPSA) is 65.4 Å². The zero-order valence-corrected chi connectivity index (χ0v) is 11.7. The van der Waals surface area contributed by atoms with Crippen molar-refractivity contribution in [1.82, 2.24) is 9.55 Å². The number of anilines is 1. The summed E-state index contributed by atoms with van der Waals surface area (Å²) >= 11 is 0. The van der Waals surface area contributed by atoms with Crippen LogP contribution in [-0.4, -0.2) is 29.7 Å². The van der Waals surface area contributed by atoms with Gasteiger partial charge in [0.05, 0.1) is 20.5 Å². The first kappa shape index (κ1) is 13.9. The van der Waals surface area contributed by atoms with E-state index in [4.69, 9.17) is 9.47 Å². The molecule has 20 heavy (non-hydrogen) atoms. The number of rotatable bonds is 5. The number of hydrogen-bond acceptors (Lipinski definition) is 4. The quantitative estimate of drug-likeness (QED) is 0.908. The summed E-state index contributed by atoms with van der Waals surface area (Å²) < 4.78 is 12.2. The summed E-state index contributed by atoms with van der Waals surface area (Å²) in [4.78, 5) is 16.2. The predicted octanol–water partition coefficient (Wildman–Crippen LogP) is 2.17. The van der Waals surface area contributed by atoms with E-state index in [0.29, 0.717) is 22.9 Å². The van der Waals surface area contributed by atoms with E-state index in [2.05, 4.69) is 10.3 Å². The first-order valence-electron chi connectivity index (χ1n) is 6.23. The van der Waals surface area contributed by atoms with Crippen molar-refractivity contribution < 1.29 is 14.3 Å². The van der Waals surface area contributed by atoms with Crippen LogP contribution in [-0.2, 0) is 6.54 Å². The van der Waals surface area contributed by atoms with E-state index in [1.54, 1.807) is 37.8 Å². The number of hydrogen-bond donors (Lipinski definition) is 1. The van der Waals surface area contributed by atoms with Crippen LogP contribution in [0.3, 0.4) is 0 Å². The van der Waals surface area contributed by atoms with Crippen LogP contribution in [0.2, 0.25) is 0 Å². The zero-order chi connectivity index (χ0) is 14.5. The number of carbonyl (C=O) groups excluding carboxylic acids is 1. The van der Waals surface area contributed by atoms with Gasteiger partial charge < -0.3 is 19.4 Å². The third-order valence-electron chi connectivity index (χ3n) is 2.89. The third-order valence-corrected chi connectivity index (χ3v) is 2.89. The second kappa shape index (κ2) is 6.10. The van der Waals surface area contributed by atoms with Crippen LogP contribution in [0, 0.1) is 0 Å². The standard InChI is InChI=1S/C14H17N3O3/c1-4-17-8-13(15-9-17)16-14(18)10-5-6-11(19-2)12(7-10)20-3/h5-9H,4H2,1-3H3,(H,16,18). The van der Waals surface area contributed by atoms with Gasteiger partial charge in [0.2, 0.25) is 0 Å². The van der Waals surface area contributed by atoms with Gasteiger partial charge in [-0.15, -0.1) is 0 Å². The highest BCUT2D eigenvalue weighted by Gasteiger charge is 2.11. The lowest BCUT2D eigenvalue weighted by Gasteiger charge is -2.09. The van der Waals surface area contributed by atoms with Gasteiger partial charge in [0, 0.05) is 18.3 Å². The Morgan fingerprint density at radius 2 is 2.05 bits per heavy atom. The number of methoxy groups -OCH3 is 2. The molecule has 6 heteroatoms. The molecule has 1 aromatic heterocycles. The number of nitrogens with zero attached hydrogens (tertiary/aromatic N) is 2. The van der Waals surface area contributed by atoms with Crippen molar-refractivity contribution in [2.75, 3.05) is 19.5 Å². The van der Waals surface area contributed by atoms with Gasteiger partial charge in [-0.2, -0.15) is 0 Å². The van der Waals surface area contributed by atoms with Crippen molar-refractivity contribution in [1.29, 1.82) is 0 Å². The zero-order valence-electron chi connectivity index (χ0n) is 11.7. The van der Waals surface area contributed by atoms with E-state index < -0.39 is 0 Å². The maximum absolute atomic E-state index is 12.1. The van der Waals surface area contributed by atoms with Gasteiger partial charge in [-0.05, 0) is 25.1 Å². The van der Waals surface area contributed by atoms with Gasteiger partial charge in [-0.3, -0.25) is 4.79 Å². The molecule has 0 spiro atoms. The summed E-state index contributed by atoms with van der Waals surface area (Å²) in [5.41, 5.74) is 0.480. The second-order valence-electron chi connectivity index (χ2n) is 4.11. The van der Waals surface area contributed by atoms with E-state index in [0.717, 1.165) is 6.54 Å². The summed E-state index contributed by atoms with van der Waals surface area (Å²) in [6, 6.07) is 5.00. The fraction of sp³-hybridized carbons (Fsp3) is 0.286. The molecule has 0 radical (unpaired) electrons. The molecule has 2 aromatic rings. The Morgan fingerprint density at radius 3 is 2.65 bits per heavy atom. The monoisotopic (exact) mass is 275 g/mol. The number of aromatic nitrogens is 2. The number of nitrogens with one attached hydrogen (secondary N) is 1. The SMILES string of the molecule is CCn1cnc(NC(=O)c2ccc(OC)c(OC)c2)c1. The van der Waals surface area contributed by atoms with Crippen molar-refractivity contribution >= 4 is 11.7 Å². The molecule has 0 aliphatic rings. The number of benzene rings is 1. The lowest BCUT2D eigenvalue weighted by atomic mass is 10.2. The minimum Gasteiger partial charge on any atom is -0.493 e. The van der Waals surface area contributed by atoms with E-state index in [1.807, 2.05) is 11.5 Å². The van der Waals surface area contributed by atoms with Crippen molar-refractivity contribution in [3.63, 3.8) is 0 Å². The van der Waals surface area contributed by atoms with E-state index in [-0.39, 0.29) is 5.91 Å². The lowest BCUT2D eigenvalue weighted by Crippen LogP contribution is -2.12. The largest absolute Gasteiger partial charge is 0.493 e. The van der Waals surface area contributed by atoms with E-state index >= 15 is 0 Å². The average Bonchev–Trinajstić information content (AvgIpc) is 2.94. The molecule has 0 saturated carbocycles. The van der Waals surface area contributed by atoms with Crippen LogP contribution in [0.25, 0.3) is 0 Å². The van der Waals surface area contributed by atoms with Crippen molar-refractivity contribution in [2.45, 2.75) is 13.5 Å². The Morgan fingerprint density at radius 1 is 1.30 bits per heavy atom. The summed E-state index contributed by atoms with van der Waals surface area (Å²) in [6.45, 7) is 2.81. The summed E-state index contributed by atoms with van der Waals surface area (Å²) in [6.07, 6.45) is 3.45. The lowest BCUT2D eigenvalue weighted by molar-refractivity contribution is 0.102. The Balaban J connectivity index is 2.16. The number of imidazole rings is 1. The molecule has 0 bridgehead atoms. The molecule has 2 rings (SSSR count). The average molecular weight is 275 g/mol. The van der Waals surface area contributed by atoms with Gasteiger partial charge in [-0.1, -0.05) is 0 Å². The number of aryl methyl sites for hydroxylation is 1. The molecule has 0 aliphatic carbocycles. The Kier molecular flexibility index (Phi) is 4.24. The number of amides is 1. The Labute approximate surface area is 117 Å². The van der Waals surface area contributed by atoms with Gasteiger partial charge in [0.25, 0.3) is 5.91 Å². The predicted molar refractivity (Wildman–Crippen MR) is 75.4 cm³/mol. The van der Waals surface area contributed by atoms with E-state index in [9.17, 15) is 4.79 Å². The van der Waals surface area contributed by atoms with E-state index in [1.165, 1.54) is 7.11 Å². The molecule has 0 saturated heterocycles. The van der Waals surface area contributed by atoms with Crippen LogP contribution in [0.4, 0.5) is 5.82 Å². The first-order valence-corrected chi connectivity index (χ1v) is 6.23. The van der Waals surface area contributed by atoms with Crippen LogP contribution >= 0.6 is 0 Å².